The van der Waals surface area contributed by atoms with Crippen LogP contribution in [0.5, 0.6) is 0 Å². The second kappa shape index (κ2) is 7.79. The maximum Gasteiger partial charge on any atom is 0.283 e. The van der Waals surface area contributed by atoms with Crippen molar-refractivity contribution in [3.05, 3.63) is 45.1 Å². The summed E-state index contributed by atoms with van der Waals surface area (Å²) in [5, 5.41) is 16.9. The van der Waals surface area contributed by atoms with Crippen LogP contribution in [0.4, 0.5) is 5.82 Å². The lowest BCUT2D eigenvalue weighted by atomic mass is 9.89. The fraction of sp³-hybridized carbons (Fsp3) is 0.458. The first-order valence-corrected chi connectivity index (χ1v) is 12.3. The maximum atomic E-state index is 13.7. The molecule has 0 saturated carbocycles. The van der Waals surface area contributed by atoms with Gasteiger partial charge in [-0.25, -0.2) is 4.98 Å². The number of fused-ring (bicyclic) bond motifs is 6. The van der Waals surface area contributed by atoms with Crippen molar-refractivity contribution >= 4 is 43.8 Å². The Morgan fingerprint density at radius 1 is 1.16 bits per heavy atom. The average molecular weight is 450 g/mol. The summed E-state index contributed by atoms with van der Waals surface area (Å²) in [7, 11) is 0. The number of β-amino-alcohol motifs (C(OH)–C–C–N with tert-alkyl or cyclic N) is 1. The van der Waals surface area contributed by atoms with E-state index in [-0.39, 0.29) is 12.2 Å². The first-order valence-electron chi connectivity index (χ1n) is 11.5. The Kier molecular flexibility index (Phi) is 4.89. The van der Waals surface area contributed by atoms with Gasteiger partial charge in [-0.2, -0.15) is 4.52 Å². The van der Waals surface area contributed by atoms with E-state index in [1.54, 1.807) is 15.9 Å². The molecule has 1 atom stereocenters. The van der Waals surface area contributed by atoms with Gasteiger partial charge in [-0.15, -0.1) is 16.4 Å². The summed E-state index contributed by atoms with van der Waals surface area (Å²) in [5.74, 6) is 1.50. The Balaban J connectivity index is 1.55. The molecular weight excluding hydrogens is 422 g/mol. The van der Waals surface area contributed by atoms with Gasteiger partial charge in [0.2, 0.25) is 0 Å². The summed E-state index contributed by atoms with van der Waals surface area (Å²) >= 11 is 1.69. The number of piperazine rings is 1. The summed E-state index contributed by atoms with van der Waals surface area (Å²) in [5.41, 5.74) is 1.81. The number of hydrogen-bond donors (Lipinski definition) is 1. The van der Waals surface area contributed by atoms with E-state index >= 15 is 0 Å². The van der Waals surface area contributed by atoms with Crippen LogP contribution in [0.1, 0.15) is 23.8 Å². The van der Waals surface area contributed by atoms with Gasteiger partial charge in [-0.1, -0.05) is 31.2 Å². The highest BCUT2D eigenvalue weighted by Crippen LogP contribution is 2.37. The molecule has 1 aliphatic carbocycles. The molecule has 1 saturated heterocycles. The fourth-order valence-electron chi connectivity index (χ4n) is 5.23. The summed E-state index contributed by atoms with van der Waals surface area (Å²) < 4.78 is 1.55. The zero-order valence-corrected chi connectivity index (χ0v) is 19.1. The Morgan fingerprint density at radius 3 is 2.72 bits per heavy atom. The fourth-order valence-corrected chi connectivity index (χ4v) is 6.60. The number of anilines is 1. The number of aliphatic hydroxyl groups excluding tert-OH is 1. The van der Waals surface area contributed by atoms with Gasteiger partial charge in [-0.05, 0) is 30.7 Å². The number of aryl methyl sites for hydroxylation is 1. The SMILES string of the molecule is C[C@@H]1CCc2c(sc3nc4c5ccccc5c(N5CCN(CCO)CC5)nn4c(=O)c23)C1. The predicted octanol–water partition coefficient (Wildman–Crippen LogP) is 2.70. The van der Waals surface area contributed by atoms with Crippen molar-refractivity contribution in [2.75, 3.05) is 44.2 Å². The minimum absolute atomic E-state index is 0.0389. The van der Waals surface area contributed by atoms with Gasteiger partial charge in [0, 0.05) is 48.4 Å². The van der Waals surface area contributed by atoms with Gasteiger partial charge in [0.15, 0.2) is 11.5 Å². The minimum atomic E-state index is -0.0389. The van der Waals surface area contributed by atoms with Crippen LogP contribution in [0.2, 0.25) is 0 Å². The largest absolute Gasteiger partial charge is 0.395 e. The van der Waals surface area contributed by atoms with Crippen molar-refractivity contribution < 1.29 is 5.11 Å². The third kappa shape index (κ3) is 3.12. The van der Waals surface area contributed by atoms with Crippen molar-refractivity contribution in [1.29, 1.82) is 0 Å². The molecule has 0 unspecified atom stereocenters. The van der Waals surface area contributed by atoms with Crippen molar-refractivity contribution in [1.82, 2.24) is 19.5 Å². The molecule has 1 fully saturated rings. The Labute approximate surface area is 189 Å². The van der Waals surface area contributed by atoms with E-state index < -0.39 is 0 Å². The average Bonchev–Trinajstić information content (AvgIpc) is 3.17. The van der Waals surface area contributed by atoms with Gasteiger partial charge < -0.3 is 10.0 Å². The van der Waals surface area contributed by atoms with Gasteiger partial charge >= 0.3 is 0 Å². The molecule has 2 aliphatic rings. The number of hydrogen-bond acceptors (Lipinski definition) is 7. The monoisotopic (exact) mass is 449 g/mol. The first kappa shape index (κ1) is 20.1. The summed E-state index contributed by atoms with van der Waals surface area (Å²) in [6.07, 6.45) is 3.11. The summed E-state index contributed by atoms with van der Waals surface area (Å²) in [4.78, 5) is 25.4. The molecule has 8 heteroatoms. The van der Waals surface area contributed by atoms with Crippen molar-refractivity contribution in [2.24, 2.45) is 5.92 Å². The first-order chi connectivity index (χ1) is 15.6. The van der Waals surface area contributed by atoms with Crippen LogP contribution in [0.3, 0.4) is 0 Å². The predicted molar refractivity (Wildman–Crippen MR) is 129 cm³/mol. The zero-order chi connectivity index (χ0) is 21.8. The Hall–Kier alpha value is -2.55. The Bertz CT molecular complexity index is 1390. The quantitative estimate of drug-likeness (QED) is 0.485. The highest BCUT2D eigenvalue weighted by Gasteiger charge is 2.26. The lowest BCUT2D eigenvalue weighted by Gasteiger charge is -2.35. The van der Waals surface area contributed by atoms with E-state index in [0.717, 1.165) is 72.2 Å². The van der Waals surface area contributed by atoms with Gasteiger partial charge in [0.1, 0.15) is 4.83 Å². The molecule has 0 radical (unpaired) electrons. The molecule has 0 spiro atoms. The molecule has 1 aliphatic heterocycles. The molecule has 32 heavy (non-hydrogen) atoms. The highest BCUT2D eigenvalue weighted by molar-refractivity contribution is 7.18. The lowest BCUT2D eigenvalue weighted by molar-refractivity contribution is 0.188. The molecular formula is C24H27N5O2S. The topological polar surface area (TPSA) is 74.0 Å². The van der Waals surface area contributed by atoms with Crippen LogP contribution in [-0.2, 0) is 12.8 Å². The molecule has 0 bridgehead atoms. The molecule has 4 heterocycles. The summed E-state index contributed by atoms with van der Waals surface area (Å²) in [6.45, 7) is 6.54. The van der Waals surface area contributed by atoms with E-state index in [9.17, 15) is 9.90 Å². The van der Waals surface area contributed by atoms with E-state index in [4.69, 9.17) is 10.1 Å². The van der Waals surface area contributed by atoms with Crippen LogP contribution < -0.4 is 10.5 Å². The molecule has 7 nitrogen and oxygen atoms in total. The molecule has 6 rings (SSSR count). The van der Waals surface area contributed by atoms with Crippen molar-refractivity contribution in [3.8, 4) is 0 Å². The second-order valence-corrected chi connectivity index (χ2v) is 10.2. The normalized spacial score (nSPS) is 19.8. The molecule has 3 aromatic heterocycles. The third-order valence-corrected chi connectivity index (χ3v) is 8.15. The maximum absolute atomic E-state index is 13.7. The number of rotatable bonds is 3. The molecule has 0 amide bonds. The van der Waals surface area contributed by atoms with Crippen LogP contribution in [0, 0.1) is 5.92 Å². The third-order valence-electron chi connectivity index (χ3n) is 7.00. The van der Waals surface area contributed by atoms with Gasteiger partial charge in [0.25, 0.3) is 5.56 Å². The van der Waals surface area contributed by atoms with E-state index in [2.05, 4.69) is 22.8 Å². The molecule has 1 N–H and O–H groups in total. The minimum Gasteiger partial charge on any atom is -0.395 e. The number of nitrogens with zero attached hydrogens (tertiary/aromatic N) is 5. The molecule has 1 aromatic carbocycles. The van der Waals surface area contributed by atoms with Gasteiger partial charge in [0.05, 0.1) is 12.0 Å². The van der Waals surface area contributed by atoms with E-state index in [0.29, 0.717) is 18.1 Å². The molecule has 166 valence electrons. The number of thiophene rings is 1. The van der Waals surface area contributed by atoms with Crippen LogP contribution >= 0.6 is 11.3 Å². The number of aromatic nitrogens is 3. The Morgan fingerprint density at radius 2 is 1.94 bits per heavy atom. The van der Waals surface area contributed by atoms with E-state index in [1.165, 1.54) is 10.4 Å². The molecule has 4 aromatic rings. The second-order valence-electron chi connectivity index (χ2n) is 9.11. The summed E-state index contributed by atoms with van der Waals surface area (Å²) in [6, 6.07) is 8.15. The van der Waals surface area contributed by atoms with Crippen LogP contribution in [0.25, 0.3) is 26.6 Å². The van der Waals surface area contributed by atoms with Gasteiger partial charge in [-0.3, -0.25) is 9.69 Å². The van der Waals surface area contributed by atoms with Crippen molar-refractivity contribution in [3.63, 3.8) is 0 Å². The smallest absolute Gasteiger partial charge is 0.283 e. The van der Waals surface area contributed by atoms with Crippen molar-refractivity contribution in [2.45, 2.75) is 26.2 Å². The number of aliphatic hydroxyl groups is 1. The highest BCUT2D eigenvalue weighted by atomic mass is 32.1. The number of benzene rings is 1. The zero-order valence-electron chi connectivity index (χ0n) is 18.3. The van der Waals surface area contributed by atoms with Crippen LogP contribution in [0.15, 0.2) is 29.1 Å². The van der Waals surface area contributed by atoms with Crippen LogP contribution in [-0.4, -0.2) is 63.9 Å². The van der Waals surface area contributed by atoms with E-state index in [1.807, 2.05) is 18.2 Å². The lowest BCUT2D eigenvalue weighted by Crippen LogP contribution is -2.47. The standard InChI is InChI=1S/C24H27N5O2S/c1-15-6-7-18-19(14-15)32-23-20(18)24(31)29-21(25-23)16-4-2-3-5-17(16)22(26-29)28-10-8-27(9-11-28)12-13-30/h2-5,15,30H,6-14H2,1H3/t15-/m1/s1.